The summed E-state index contributed by atoms with van der Waals surface area (Å²) in [4.78, 5) is 11.3. The number of allylic oxidation sites excluding steroid dienone is 1. The fourth-order valence-corrected chi connectivity index (χ4v) is 1.54. The molecular weight excluding hydrogens is 164 g/mol. The van der Waals surface area contributed by atoms with Gasteiger partial charge in [-0.15, -0.1) is 6.58 Å². The third kappa shape index (κ3) is 2.00. The molecule has 0 bridgehead atoms. The van der Waals surface area contributed by atoms with Crippen LogP contribution < -0.4 is 0 Å². The smallest absolute Gasteiger partial charge is 0.334 e. The van der Waals surface area contributed by atoms with Crippen LogP contribution in [0.4, 0.5) is 0 Å². The van der Waals surface area contributed by atoms with Gasteiger partial charge in [-0.3, -0.25) is 0 Å². The minimum absolute atomic E-state index is 0.0480. The predicted octanol–water partition coefficient (Wildman–Crippen LogP) is 2.46. The molecule has 1 aliphatic rings. The summed E-state index contributed by atoms with van der Waals surface area (Å²) >= 11 is 0. The highest BCUT2D eigenvalue weighted by Crippen LogP contribution is 2.28. The van der Waals surface area contributed by atoms with E-state index in [1.54, 1.807) is 6.08 Å². The summed E-state index contributed by atoms with van der Waals surface area (Å²) in [6, 6.07) is 0. The third-order valence-corrected chi connectivity index (χ3v) is 2.30. The molecule has 0 aromatic carbocycles. The maximum Gasteiger partial charge on any atom is 0.334 e. The number of cyclic esters (lactones) is 1. The maximum absolute atomic E-state index is 11.3. The van der Waals surface area contributed by atoms with Crippen molar-refractivity contribution in [3.63, 3.8) is 0 Å². The highest BCUT2D eigenvalue weighted by molar-refractivity contribution is 5.91. The van der Waals surface area contributed by atoms with Crippen LogP contribution in [0.1, 0.15) is 26.7 Å². The molecule has 0 aromatic heterocycles. The third-order valence-electron chi connectivity index (χ3n) is 2.30. The van der Waals surface area contributed by atoms with Gasteiger partial charge in [0.1, 0.15) is 6.10 Å². The molecule has 1 rings (SSSR count). The monoisotopic (exact) mass is 180 g/mol. The van der Waals surface area contributed by atoms with Gasteiger partial charge in [-0.05, 0) is 13.3 Å². The molecule has 1 heterocycles. The van der Waals surface area contributed by atoms with E-state index in [2.05, 4.69) is 13.5 Å². The highest BCUT2D eigenvalue weighted by Gasteiger charge is 2.34. The molecule has 0 aliphatic carbocycles. The van der Waals surface area contributed by atoms with E-state index in [1.807, 2.05) is 13.0 Å². The first-order valence-corrected chi connectivity index (χ1v) is 4.74. The average Bonchev–Trinajstić information content (AvgIpc) is 2.37. The van der Waals surface area contributed by atoms with Gasteiger partial charge in [0.15, 0.2) is 0 Å². The lowest BCUT2D eigenvalue weighted by Crippen LogP contribution is -2.08. The zero-order chi connectivity index (χ0) is 9.84. The Morgan fingerprint density at radius 3 is 2.85 bits per heavy atom. The summed E-state index contributed by atoms with van der Waals surface area (Å²) in [6.07, 6.45) is 5.69. The van der Waals surface area contributed by atoms with Crippen LogP contribution in [0.2, 0.25) is 0 Å². The van der Waals surface area contributed by atoms with Crippen molar-refractivity contribution in [2.45, 2.75) is 32.8 Å². The molecule has 0 amide bonds. The summed E-state index contributed by atoms with van der Waals surface area (Å²) in [5.41, 5.74) is 0.782. The van der Waals surface area contributed by atoms with Crippen LogP contribution >= 0.6 is 0 Å². The quantitative estimate of drug-likeness (QED) is 0.379. The van der Waals surface area contributed by atoms with Crippen LogP contribution in [0.15, 0.2) is 24.3 Å². The zero-order valence-electron chi connectivity index (χ0n) is 8.25. The molecule has 0 aromatic rings. The maximum atomic E-state index is 11.3. The average molecular weight is 180 g/mol. The summed E-state index contributed by atoms with van der Waals surface area (Å²) in [7, 11) is 0. The second kappa shape index (κ2) is 4.26. The van der Waals surface area contributed by atoms with Crippen LogP contribution in [0.3, 0.4) is 0 Å². The first-order chi connectivity index (χ1) is 6.20. The van der Waals surface area contributed by atoms with E-state index >= 15 is 0 Å². The number of unbranched alkanes of at least 4 members (excludes halogenated alkanes) is 1. The number of ether oxygens (including phenoxy) is 1. The molecular formula is C11H16O2. The summed E-state index contributed by atoms with van der Waals surface area (Å²) in [6.45, 7) is 7.70. The number of hydrogen-bond donors (Lipinski definition) is 0. The molecule has 0 radical (unpaired) electrons. The van der Waals surface area contributed by atoms with Crippen molar-refractivity contribution in [2.24, 2.45) is 5.92 Å². The SMILES string of the molecule is C=CC1/C(=C\CCC)C(=O)OC1C. The molecule has 1 fully saturated rings. The second-order valence-electron chi connectivity index (χ2n) is 3.32. The van der Waals surface area contributed by atoms with Crippen LogP contribution in [0.5, 0.6) is 0 Å². The van der Waals surface area contributed by atoms with Crippen LogP contribution in [-0.2, 0) is 9.53 Å². The van der Waals surface area contributed by atoms with Gasteiger partial charge in [-0.25, -0.2) is 4.79 Å². The minimum Gasteiger partial charge on any atom is -0.458 e. The van der Waals surface area contributed by atoms with Gasteiger partial charge in [0.05, 0.1) is 0 Å². The van der Waals surface area contributed by atoms with Crippen molar-refractivity contribution in [2.75, 3.05) is 0 Å². The van der Waals surface area contributed by atoms with E-state index < -0.39 is 0 Å². The first-order valence-electron chi connectivity index (χ1n) is 4.74. The lowest BCUT2D eigenvalue weighted by molar-refractivity contribution is -0.138. The summed E-state index contributed by atoms with van der Waals surface area (Å²) < 4.78 is 5.10. The van der Waals surface area contributed by atoms with E-state index in [-0.39, 0.29) is 18.0 Å². The standard InChI is InChI=1S/C11H16O2/c1-4-6-7-10-9(5-2)8(3)13-11(10)12/h5,7-9H,2,4,6H2,1,3H3/b10-7+. The normalized spacial score (nSPS) is 30.6. The van der Waals surface area contributed by atoms with Gasteiger partial charge in [0, 0.05) is 11.5 Å². The first kappa shape index (κ1) is 10.0. The van der Waals surface area contributed by atoms with Gasteiger partial charge in [-0.2, -0.15) is 0 Å². The number of carbonyl (C=O) groups excluding carboxylic acids is 1. The van der Waals surface area contributed by atoms with Crippen molar-refractivity contribution >= 4 is 5.97 Å². The molecule has 1 aliphatic heterocycles. The van der Waals surface area contributed by atoms with E-state index in [0.29, 0.717) is 0 Å². The van der Waals surface area contributed by atoms with Gasteiger partial charge >= 0.3 is 5.97 Å². The molecule has 2 heteroatoms. The van der Waals surface area contributed by atoms with Gasteiger partial charge in [0.2, 0.25) is 0 Å². The Labute approximate surface area is 79.3 Å². The Morgan fingerprint density at radius 2 is 2.31 bits per heavy atom. The van der Waals surface area contributed by atoms with Crippen LogP contribution in [-0.4, -0.2) is 12.1 Å². The molecule has 2 atom stereocenters. The lowest BCUT2D eigenvalue weighted by Gasteiger charge is -2.06. The number of rotatable bonds is 3. The van der Waals surface area contributed by atoms with E-state index in [9.17, 15) is 4.79 Å². The van der Waals surface area contributed by atoms with Crippen molar-refractivity contribution in [3.8, 4) is 0 Å². The van der Waals surface area contributed by atoms with Crippen molar-refractivity contribution < 1.29 is 9.53 Å². The summed E-state index contributed by atoms with van der Waals surface area (Å²) in [5, 5.41) is 0. The van der Waals surface area contributed by atoms with Crippen molar-refractivity contribution in [1.29, 1.82) is 0 Å². The van der Waals surface area contributed by atoms with Gasteiger partial charge in [0.25, 0.3) is 0 Å². The fraction of sp³-hybridized carbons (Fsp3) is 0.545. The van der Waals surface area contributed by atoms with Crippen molar-refractivity contribution in [3.05, 3.63) is 24.3 Å². The van der Waals surface area contributed by atoms with E-state index in [1.165, 1.54) is 0 Å². The molecule has 2 nitrogen and oxygen atoms in total. The predicted molar refractivity (Wildman–Crippen MR) is 52.2 cm³/mol. The van der Waals surface area contributed by atoms with Gasteiger partial charge in [-0.1, -0.05) is 25.5 Å². The molecule has 0 N–H and O–H groups in total. The highest BCUT2D eigenvalue weighted by atomic mass is 16.5. The Bertz CT molecular complexity index is 240. The molecule has 2 unspecified atom stereocenters. The molecule has 0 spiro atoms. The molecule has 72 valence electrons. The minimum atomic E-state index is -0.175. The lowest BCUT2D eigenvalue weighted by atomic mass is 9.96. The molecule has 1 saturated heterocycles. The number of esters is 1. The largest absolute Gasteiger partial charge is 0.458 e. The second-order valence-corrected chi connectivity index (χ2v) is 3.32. The zero-order valence-corrected chi connectivity index (χ0v) is 8.25. The van der Waals surface area contributed by atoms with Crippen LogP contribution in [0, 0.1) is 5.92 Å². The Kier molecular flexibility index (Phi) is 3.29. The number of hydrogen-bond acceptors (Lipinski definition) is 2. The molecule has 13 heavy (non-hydrogen) atoms. The number of carbonyl (C=O) groups is 1. The fourth-order valence-electron chi connectivity index (χ4n) is 1.54. The Balaban J connectivity index is 2.80. The Morgan fingerprint density at radius 1 is 1.62 bits per heavy atom. The van der Waals surface area contributed by atoms with Crippen molar-refractivity contribution in [1.82, 2.24) is 0 Å². The molecule has 0 saturated carbocycles. The Hall–Kier alpha value is -1.05. The van der Waals surface area contributed by atoms with E-state index in [4.69, 9.17) is 4.74 Å². The summed E-state index contributed by atoms with van der Waals surface area (Å²) in [5.74, 6) is -0.0927. The topological polar surface area (TPSA) is 26.3 Å². The van der Waals surface area contributed by atoms with Gasteiger partial charge < -0.3 is 4.74 Å². The van der Waals surface area contributed by atoms with Crippen LogP contribution in [0.25, 0.3) is 0 Å². The van der Waals surface area contributed by atoms with E-state index in [0.717, 1.165) is 18.4 Å².